The summed E-state index contributed by atoms with van der Waals surface area (Å²) in [4.78, 5) is 25.2. The van der Waals surface area contributed by atoms with E-state index < -0.39 is 5.56 Å². The number of hydrogen-bond acceptors (Lipinski definition) is 4. The van der Waals surface area contributed by atoms with Crippen LogP contribution in [0.15, 0.2) is 39.0 Å². The highest BCUT2D eigenvalue weighted by molar-refractivity contribution is 5.80. The van der Waals surface area contributed by atoms with Crippen molar-refractivity contribution in [3.8, 4) is 0 Å². The van der Waals surface area contributed by atoms with Gasteiger partial charge in [0.2, 0.25) is 0 Å². The lowest BCUT2D eigenvalue weighted by molar-refractivity contribution is 0.300. The largest absolute Gasteiger partial charge is 0.410 e. The van der Waals surface area contributed by atoms with Crippen molar-refractivity contribution in [1.29, 1.82) is 0 Å². The zero-order chi connectivity index (χ0) is 13.9. The molecule has 1 saturated carbocycles. The van der Waals surface area contributed by atoms with Crippen molar-refractivity contribution in [2.45, 2.75) is 25.9 Å². The zero-order valence-corrected chi connectivity index (χ0v) is 10.7. The Morgan fingerprint density at radius 2 is 1.60 bits per heavy atom. The summed E-state index contributed by atoms with van der Waals surface area (Å²) in [5.74, 6) is 0. The van der Waals surface area contributed by atoms with E-state index in [0.717, 1.165) is 12.8 Å². The molecule has 2 aromatic rings. The van der Waals surface area contributed by atoms with E-state index in [0.29, 0.717) is 23.9 Å². The maximum atomic E-state index is 12.6. The molecule has 2 aliphatic rings. The Kier molecular flexibility index (Phi) is 2.06. The minimum atomic E-state index is -0.408. The van der Waals surface area contributed by atoms with Gasteiger partial charge in [-0.25, -0.2) is 9.36 Å². The van der Waals surface area contributed by atoms with E-state index in [1.54, 1.807) is 24.3 Å². The van der Waals surface area contributed by atoms with Crippen LogP contribution in [0.4, 0.5) is 0 Å². The van der Waals surface area contributed by atoms with Gasteiger partial charge < -0.3 is 5.21 Å². The molecule has 0 saturated heterocycles. The fourth-order valence-corrected chi connectivity index (χ4v) is 3.06. The molecule has 1 fully saturated rings. The third-order valence-corrected chi connectivity index (χ3v) is 4.40. The standard InChI is InChI=1S/C14H13N3O3/c18-12-10-4-2-1-3-9(10)11(15-20)13(19)17-8-14(5-6-14)7-16(12)17/h1-4,20H,5-8H2/b15-11-. The maximum absolute atomic E-state index is 12.6. The highest BCUT2D eigenvalue weighted by Gasteiger charge is 2.48. The number of rotatable bonds is 0. The van der Waals surface area contributed by atoms with Crippen LogP contribution < -0.4 is 16.5 Å². The first kappa shape index (κ1) is 11.5. The van der Waals surface area contributed by atoms with Crippen LogP contribution in [0.1, 0.15) is 12.8 Å². The average molecular weight is 271 g/mol. The van der Waals surface area contributed by atoms with E-state index in [2.05, 4.69) is 5.16 Å². The lowest BCUT2D eigenvalue weighted by atomic mass is 10.1. The molecule has 0 unspecified atom stereocenters. The summed E-state index contributed by atoms with van der Waals surface area (Å²) in [6.07, 6.45) is 2.07. The first-order valence-electron chi connectivity index (χ1n) is 6.60. The van der Waals surface area contributed by atoms with Gasteiger partial charge in [0.05, 0.1) is 18.5 Å². The zero-order valence-electron chi connectivity index (χ0n) is 10.7. The van der Waals surface area contributed by atoms with Crippen LogP contribution in [0.25, 0.3) is 10.8 Å². The van der Waals surface area contributed by atoms with Crippen molar-refractivity contribution < 1.29 is 5.21 Å². The SMILES string of the molecule is O=c1/c(=N\O)c2ccccc2c(=O)n2n1CC1(CC1)C2. The van der Waals surface area contributed by atoms with Crippen LogP contribution in [0, 0.1) is 5.41 Å². The quantitative estimate of drug-likeness (QED) is 0.551. The van der Waals surface area contributed by atoms with Gasteiger partial charge in [-0.3, -0.25) is 9.59 Å². The number of aromatic nitrogens is 2. The first-order valence-corrected chi connectivity index (χ1v) is 6.60. The molecular weight excluding hydrogens is 258 g/mol. The van der Waals surface area contributed by atoms with Gasteiger partial charge in [0.25, 0.3) is 11.1 Å². The Morgan fingerprint density at radius 3 is 2.20 bits per heavy atom. The molecule has 1 aliphatic heterocycles. The maximum Gasteiger partial charge on any atom is 0.295 e. The van der Waals surface area contributed by atoms with Crippen molar-refractivity contribution >= 4 is 10.8 Å². The van der Waals surface area contributed by atoms with E-state index in [4.69, 9.17) is 0 Å². The predicted octanol–water partition coefficient (Wildman–Crippen LogP) is 0.247. The second-order valence-corrected chi connectivity index (χ2v) is 5.72. The van der Waals surface area contributed by atoms with E-state index in [1.807, 2.05) is 0 Å². The molecule has 20 heavy (non-hydrogen) atoms. The van der Waals surface area contributed by atoms with E-state index in [1.165, 1.54) is 9.36 Å². The predicted molar refractivity (Wildman–Crippen MR) is 71.5 cm³/mol. The molecule has 6 nitrogen and oxygen atoms in total. The number of fused-ring (bicyclic) bond motifs is 2. The van der Waals surface area contributed by atoms with Crippen LogP contribution >= 0.6 is 0 Å². The third-order valence-electron chi connectivity index (χ3n) is 4.40. The second-order valence-electron chi connectivity index (χ2n) is 5.72. The molecule has 1 aromatic carbocycles. The van der Waals surface area contributed by atoms with Crippen molar-refractivity contribution in [2.24, 2.45) is 10.6 Å². The molecule has 0 radical (unpaired) electrons. The molecule has 6 heteroatoms. The minimum Gasteiger partial charge on any atom is -0.410 e. The molecule has 1 aromatic heterocycles. The van der Waals surface area contributed by atoms with Gasteiger partial charge in [-0.05, 0) is 18.9 Å². The first-order chi connectivity index (χ1) is 9.65. The smallest absolute Gasteiger partial charge is 0.295 e. The highest BCUT2D eigenvalue weighted by atomic mass is 16.4. The van der Waals surface area contributed by atoms with Crippen LogP contribution in [0.5, 0.6) is 0 Å². The second kappa shape index (κ2) is 3.59. The minimum absolute atomic E-state index is 0.0610. The summed E-state index contributed by atoms with van der Waals surface area (Å²) in [6, 6.07) is 6.77. The van der Waals surface area contributed by atoms with Crippen molar-refractivity contribution in [1.82, 2.24) is 9.36 Å². The van der Waals surface area contributed by atoms with Gasteiger partial charge in [0.1, 0.15) is 0 Å². The number of nitrogens with zero attached hydrogens (tertiary/aromatic N) is 3. The molecule has 1 aliphatic carbocycles. The summed E-state index contributed by atoms with van der Waals surface area (Å²) in [5.41, 5.74) is -0.538. The lowest BCUT2D eigenvalue weighted by Gasteiger charge is -1.99. The number of hydrogen-bond donors (Lipinski definition) is 1. The summed E-state index contributed by atoms with van der Waals surface area (Å²) < 4.78 is 2.94. The summed E-state index contributed by atoms with van der Waals surface area (Å²) in [6.45, 7) is 1.11. The van der Waals surface area contributed by atoms with Gasteiger partial charge in [-0.15, -0.1) is 0 Å². The third kappa shape index (κ3) is 1.36. The van der Waals surface area contributed by atoms with Crippen LogP contribution in [0.3, 0.4) is 0 Å². The molecule has 4 rings (SSSR count). The van der Waals surface area contributed by atoms with Gasteiger partial charge in [0, 0.05) is 10.8 Å². The fourth-order valence-electron chi connectivity index (χ4n) is 3.06. The van der Waals surface area contributed by atoms with Crippen LogP contribution in [0.2, 0.25) is 0 Å². The highest BCUT2D eigenvalue weighted by Crippen LogP contribution is 2.50. The Hall–Kier alpha value is -2.37. The van der Waals surface area contributed by atoms with Crippen LogP contribution in [-0.4, -0.2) is 14.6 Å². The Balaban J connectivity index is 2.27. The fraction of sp³-hybridized carbons (Fsp3) is 0.357. The van der Waals surface area contributed by atoms with Gasteiger partial charge in [-0.2, -0.15) is 0 Å². The number of benzene rings is 1. The lowest BCUT2D eigenvalue weighted by Crippen LogP contribution is -2.36. The van der Waals surface area contributed by atoms with Gasteiger partial charge >= 0.3 is 0 Å². The molecule has 0 bridgehead atoms. The van der Waals surface area contributed by atoms with Gasteiger partial charge in [0.15, 0.2) is 5.36 Å². The Bertz CT molecular complexity index is 919. The van der Waals surface area contributed by atoms with E-state index in [-0.39, 0.29) is 16.3 Å². The Labute approximate surface area is 113 Å². The molecule has 0 amide bonds. The monoisotopic (exact) mass is 271 g/mol. The molecule has 0 atom stereocenters. The molecule has 102 valence electrons. The molecule has 1 N–H and O–H groups in total. The van der Waals surface area contributed by atoms with Crippen molar-refractivity contribution in [3.63, 3.8) is 0 Å². The van der Waals surface area contributed by atoms with Gasteiger partial charge in [-0.1, -0.05) is 23.4 Å². The summed E-state index contributed by atoms with van der Waals surface area (Å²) in [5, 5.41) is 13.1. The Morgan fingerprint density at radius 1 is 1.00 bits per heavy atom. The van der Waals surface area contributed by atoms with Crippen LogP contribution in [-0.2, 0) is 13.1 Å². The topological polar surface area (TPSA) is 76.6 Å². The van der Waals surface area contributed by atoms with E-state index >= 15 is 0 Å². The average Bonchev–Trinajstić information content (AvgIpc) is 3.11. The summed E-state index contributed by atoms with van der Waals surface area (Å²) >= 11 is 0. The summed E-state index contributed by atoms with van der Waals surface area (Å²) in [7, 11) is 0. The molecular formula is C14H13N3O3. The normalized spacial score (nSPS) is 19.5. The molecule has 1 spiro atoms. The van der Waals surface area contributed by atoms with Crippen molar-refractivity contribution in [2.75, 3.05) is 0 Å². The molecule has 2 heterocycles. The van der Waals surface area contributed by atoms with Crippen molar-refractivity contribution in [3.05, 3.63) is 50.3 Å². The van der Waals surface area contributed by atoms with E-state index in [9.17, 15) is 14.8 Å².